The first-order chi connectivity index (χ1) is 14.5. The van der Waals surface area contributed by atoms with E-state index in [0.29, 0.717) is 51.0 Å². The van der Waals surface area contributed by atoms with Gasteiger partial charge in [-0.3, -0.25) is 0 Å². The van der Waals surface area contributed by atoms with E-state index in [4.69, 9.17) is 25.5 Å². The first kappa shape index (κ1) is 22.4. The lowest BCUT2D eigenvalue weighted by Crippen LogP contribution is -1.98. The third-order valence-electron chi connectivity index (χ3n) is 4.66. The van der Waals surface area contributed by atoms with Gasteiger partial charge in [0.15, 0.2) is 5.70 Å². The number of rotatable bonds is 7. The lowest BCUT2D eigenvalue weighted by molar-refractivity contribution is 0.399. The number of methoxy groups -OCH3 is 4. The van der Waals surface area contributed by atoms with E-state index in [-0.39, 0.29) is 0 Å². The molecule has 0 bridgehead atoms. The Bertz CT molecular complexity index is 1090. The van der Waals surface area contributed by atoms with Crippen molar-refractivity contribution in [3.63, 3.8) is 0 Å². The Balaban J connectivity index is 2.76. The van der Waals surface area contributed by atoms with Crippen molar-refractivity contribution in [2.75, 3.05) is 28.4 Å². The third-order valence-corrected chi connectivity index (χ3v) is 4.66. The Hall–Kier alpha value is -3.90. The summed E-state index contributed by atoms with van der Waals surface area (Å²) in [6, 6.07) is 9.25. The molecule has 2 rings (SSSR count). The van der Waals surface area contributed by atoms with Crippen molar-refractivity contribution in [2.24, 2.45) is 0 Å². The highest BCUT2D eigenvalue weighted by atomic mass is 16.5. The molecule has 0 aliphatic heterocycles. The summed E-state index contributed by atoms with van der Waals surface area (Å²) in [5.74, 6) is 2.25. The maximum atomic E-state index is 9.41. The minimum absolute atomic E-state index is 0.333. The first-order valence-corrected chi connectivity index (χ1v) is 9.12. The molecule has 0 aliphatic rings. The van der Waals surface area contributed by atoms with Gasteiger partial charge in [-0.1, -0.05) is 6.08 Å². The molecule has 0 amide bonds. The fourth-order valence-corrected chi connectivity index (χ4v) is 3.09. The molecular formula is C24H24N2O4. The third kappa shape index (κ3) is 4.39. The summed E-state index contributed by atoms with van der Waals surface area (Å²) in [6.07, 6.45) is 3.41. The molecule has 0 radical (unpaired) electrons. The van der Waals surface area contributed by atoms with Gasteiger partial charge in [-0.05, 0) is 49.8 Å². The largest absolute Gasteiger partial charge is 0.497 e. The zero-order chi connectivity index (χ0) is 22.3. The summed E-state index contributed by atoms with van der Waals surface area (Å²) in [4.78, 5) is 3.71. The molecule has 0 saturated carbocycles. The normalized spacial score (nSPS) is 11.3. The Morgan fingerprint density at radius 3 is 1.97 bits per heavy atom. The van der Waals surface area contributed by atoms with Crippen molar-refractivity contribution in [3.05, 3.63) is 64.0 Å². The minimum Gasteiger partial charge on any atom is -0.497 e. The number of hydrogen-bond donors (Lipinski definition) is 0. The predicted octanol–water partition coefficient (Wildman–Crippen LogP) is 5.37. The molecule has 0 heterocycles. The van der Waals surface area contributed by atoms with Gasteiger partial charge in [-0.2, -0.15) is 5.26 Å². The van der Waals surface area contributed by atoms with Crippen molar-refractivity contribution in [1.82, 2.24) is 0 Å². The molecule has 30 heavy (non-hydrogen) atoms. The smallest absolute Gasteiger partial charge is 0.198 e. The molecule has 0 aliphatic carbocycles. The van der Waals surface area contributed by atoms with Crippen LogP contribution in [0.3, 0.4) is 0 Å². The molecule has 6 heteroatoms. The van der Waals surface area contributed by atoms with Crippen LogP contribution in [-0.4, -0.2) is 28.4 Å². The number of nitrogens with zero attached hydrogens (tertiary/aromatic N) is 2. The second kappa shape index (κ2) is 10.0. The van der Waals surface area contributed by atoms with Crippen LogP contribution in [0.4, 0.5) is 0 Å². The maximum absolute atomic E-state index is 9.41. The van der Waals surface area contributed by atoms with E-state index >= 15 is 0 Å². The Labute approximate surface area is 177 Å². The molecule has 0 aromatic heterocycles. The van der Waals surface area contributed by atoms with E-state index in [0.717, 1.165) is 5.56 Å². The standard InChI is InChI=1S/C24H24N2O4/c1-8-16(14-25)18-12-24(30-7)19(13-23(18)29-6)20(26-3)10-17-11-21(27-4)15(2)9-22(17)28-5/h8-13H,1-2,4-7H3/b16-8+,20-10-. The Morgan fingerprint density at radius 1 is 0.900 bits per heavy atom. The lowest BCUT2D eigenvalue weighted by atomic mass is 9.99. The lowest BCUT2D eigenvalue weighted by Gasteiger charge is -2.15. The van der Waals surface area contributed by atoms with Crippen LogP contribution < -0.4 is 18.9 Å². The van der Waals surface area contributed by atoms with Gasteiger partial charge in [-0.15, -0.1) is 0 Å². The summed E-state index contributed by atoms with van der Waals surface area (Å²) in [5.41, 5.74) is 3.55. The minimum atomic E-state index is 0.333. The van der Waals surface area contributed by atoms with Crippen LogP contribution in [0.5, 0.6) is 23.0 Å². The van der Waals surface area contributed by atoms with E-state index in [2.05, 4.69) is 10.9 Å². The summed E-state index contributed by atoms with van der Waals surface area (Å²) >= 11 is 0. The monoisotopic (exact) mass is 404 g/mol. The SMILES string of the molecule is [C-]#[N+]/C(=C\c1cc(OC)c(C)cc1OC)c1cc(OC)c(/C(C#N)=C/C)cc1OC. The molecule has 2 aromatic rings. The molecule has 6 nitrogen and oxygen atoms in total. The van der Waals surface area contributed by atoms with Gasteiger partial charge in [0.1, 0.15) is 23.0 Å². The van der Waals surface area contributed by atoms with Crippen molar-refractivity contribution < 1.29 is 18.9 Å². The van der Waals surface area contributed by atoms with Crippen molar-refractivity contribution >= 4 is 17.3 Å². The molecule has 0 saturated heterocycles. The first-order valence-electron chi connectivity index (χ1n) is 9.12. The van der Waals surface area contributed by atoms with Gasteiger partial charge in [-0.25, -0.2) is 4.85 Å². The molecule has 0 fully saturated rings. The summed E-state index contributed by atoms with van der Waals surface area (Å²) < 4.78 is 21.9. The topological polar surface area (TPSA) is 65.1 Å². The number of ether oxygens (including phenoxy) is 4. The predicted molar refractivity (Wildman–Crippen MR) is 118 cm³/mol. The van der Waals surface area contributed by atoms with Crippen LogP contribution in [0.15, 0.2) is 30.3 Å². The Morgan fingerprint density at radius 2 is 1.47 bits per heavy atom. The van der Waals surface area contributed by atoms with Gasteiger partial charge < -0.3 is 18.9 Å². The number of hydrogen-bond acceptors (Lipinski definition) is 5. The van der Waals surface area contributed by atoms with Gasteiger partial charge in [0.25, 0.3) is 0 Å². The van der Waals surface area contributed by atoms with Crippen molar-refractivity contribution in [2.45, 2.75) is 13.8 Å². The van der Waals surface area contributed by atoms with E-state index in [9.17, 15) is 5.26 Å². The average molecular weight is 404 g/mol. The second-order valence-electron chi connectivity index (χ2n) is 6.27. The number of benzene rings is 2. The van der Waals surface area contributed by atoms with Crippen LogP contribution in [0.25, 0.3) is 22.2 Å². The van der Waals surface area contributed by atoms with Crippen LogP contribution in [0.2, 0.25) is 0 Å². The van der Waals surface area contributed by atoms with Crippen molar-refractivity contribution in [3.8, 4) is 29.1 Å². The van der Waals surface area contributed by atoms with Crippen LogP contribution in [-0.2, 0) is 0 Å². The zero-order valence-electron chi connectivity index (χ0n) is 18.0. The van der Waals surface area contributed by atoms with Gasteiger partial charge in [0, 0.05) is 16.7 Å². The van der Waals surface area contributed by atoms with E-state index in [1.807, 2.05) is 19.1 Å². The van der Waals surface area contributed by atoms with Gasteiger partial charge >= 0.3 is 0 Å². The van der Waals surface area contributed by atoms with Crippen molar-refractivity contribution in [1.29, 1.82) is 5.26 Å². The zero-order valence-corrected chi connectivity index (χ0v) is 18.0. The maximum Gasteiger partial charge on any atom is 0.198 e. The quantitative estimate of drug-likeness (QED) is 0.352. The van der Waals surface area contributed by atoms with Crippen LogP contribution in [0, 0.1) is 24.8 Å². The highest BCUT2D eigenvalue weighted by Gasteiger charge is 2.18. The number of aryl methyl sites for hydroxylation is 1. The molecular weight excluding hydrogens is 380 g/mol. The fraction of sp³-hybridized carbons (Fsp3) is 0.250. The molecule has 0 N–H and O–H groups in total. The second-order valence-corrected chi connectivity index (χ2v) is 6.27. The number of allylic oxidation sites excluding steroid dienone is 2. The van der Waals surface area contributed by atoms with E-state index in [1.165, 1.54) is 14.2 Å². The van der Waals surface area contributed by atoms with E-state index in [1.54, 1.807) is 45.4 Å². The molecule has 0 unspecified atom stereocenters. The van der Waals surface area contributed by atoms with Gasteiger partial charge in [0.2, 0.25) is 0 Å². The van der Waals surface area contributed by atoms with Gasteiger partial charge in [0.05, 0.1) is 46.7 Å². The fourth-order valence-electron chi connectivity index (χ4n) is 3.09. The van der Waals surface area contributed by atoms with Crippen LogP contribution >= 0.6 is 0 Å². The van der Waals surface area contributed by atoms with Crippen LogP contribution in [0.1, 0.15) is 29.2 Å². The molecule has 154 valence electrons. The van der Waals surface area contributed by atoms with E-state index < -0.39 is 0 Å². The summed E-state index contributed by atoms with van der Waals surface area (Å²) in [5, 5.41) is 9.41. The average Bonchev–Trinajstić information content (AvgIpc) is 2.78. The number of nitriles is 1. The molecule has 2 aromatic carbocycles. The summed E-state index contributed by atoms with van der Waals surface area (Å²) in [6.45, 7) is 11.4. The summed E-state index contributed by atoms with van der Waals surface area (Å²) in [7, 11) is 6.22. The molecule has 0 spiro atoms. The highest BCUT2D eigenvalue weighted by Crippen LogP contribution is 2.39. The Kier molecular flexibility index (Phi) is 7.50. The molecule has 0 atom stereocenters. The highest BCUT2D eigenvalue weighted by molar-refractivity contribution is 5.91.